The van der Waals surface area contributed by atoms with E-state index in [-0.39, 0.29) is 0 Å². The Bertz CT molecular complexity index is 10600. The average Bonchev–Trinajstić information content (AvgIpc) is 1.71. The van der Waals surface area contributed by atoms with E-state index in [2.05, 4.69) is 460 Å². The Hall–Kier alpha value is -20.1. The smallest absolute Gasteiger partial charge is 0.164 e. The highest BCUT2D eigenvalue weighted by molar-refractivity contribution is 6.23. The zero-order valence-corrected chi connectivity index (χ0v) is 80.6. The molecule has 0 aliphatic carbocycles. The summed E-state index contributed by atoms with van der Waals surface area (Å²) in [6.45, 7) is 0. The van der Waals surface area contributed by atoms with Crippen LogP contribution in [-0.4, -0.2) is 42.8 Å². The van der Waals surface area contributed by atoms with Gasteiger partial charge in [-0.1, -0.05) is 364 Å². The molecule has 149 heavy (non-hydrogen) atoms. The average molecular weight is 1900 g/mol. The number of furan rings is 2. The molecule has 0 saturated carbocycles. The van der Waals surface area contributed by atoms with Crippen LogP contribution in [-0.2, 0) is 0 Å². The number of benzene rings is 23. The van der Waals surface area contributed by atoms with Gasteiger partial charge in [0, 0.05) is 115 Å². The molecule has 0 aliphatic rings. The van der Waals surface area contributed by atoms with Crippen LogP contribution in [0.1, 0.15) is 0 Å². The van der Waals surface area contributed by atoms with Crippen LogP contribution in [0.25, 0.3) is 282 Å². The minimum absolute atomic E-state index is 0.629. The first-order valence-corrected chi connectivity index (χ1v) is 50.5. The third kappa shape index (κ3) is 14.6. The summed E-state index contributed by atoms with van der Waals surface area (Å²) in [6.07, 6.45) is 0. The maximum Gasteiger partial charge on any atom is 0.164 e. The fraction of sp³-hybridized carbons (Fsp3) is 0. The Morgan fingerprint density at radius 3 is 0.926 bits per heavy atom. The molecule has 31 aromatic rings. The van der Waals surface area contributed by atoms with Crippen LogP contribution in [0.15, 0.2) is 537 Å². The molecule has 696 valence electrons. The van der Waals surface area contributed by atoms with Crippen molar-refractivity contribution < 1.29 is 8.83 Å². The van der Waals surface area contributed by atoms with Crippen molar-refractivity contribution in [1.82, 2.24) is 42.8 Å². The van der Waals surface area contributed by atoms with E-state index >= 15 is 0 Å². The van der Waals surface area contributed by atoms with Gasteiger partial charge in [0.2, 0.25) is 0 Å². The fourth-order valence-corrected chi connectivity index (χ4v) is 22.9. The van der Waals surface area contributed by atoms with Gasteiger partial charge in [-0.2, -0.15) is 0 Å². The van der Waals surface area contributed by atoms with Gasteiger partial charge in [0.25, 0.3) is 0 Å². The Morgan fingerprint density at radius 1 is 0.134 bits per heavy atom. The highest BCUT2D eigenvalue weighted by Gasteiger charge is 2.26. The van der Waals surface area contributed by atoms with Gasteiger partial charge < -0.3 is 27.1 Å². The summed E-state index contributed by atoms with van der Waals surface area (Å²) in [7, 11) is 0. The van der Waals surface area contributed by atoms with E-state index < -0.39 is 0 Å². The lowest BCUT2D eigenvalue weighted by Crippen LogP contribution is -2.01. The molecule has 0 atom stereocenters. The summed E-state index contributed by atoms with van der Waals surface area (Å²) >= 11 is 0. The molecule has 23 aromatic carbocycles. The lowest BCUT2D eigenvalue weighted by Gasteiger charge is -2.18. The molecule has 8 heterocycles. The van der Waals surface area contributed by atoms with Crippen LogP contribution in [0.2, 0.25) is 0 Å². The number of nitrogens with zero attached hydrogens (tertiary/aromatic N) is 9. The molecular weight excluding hydrogens is 1820 g/mol. The molecule has 0 N–H and O–H groups in total. The maximum absolute atomic E-state index is 6.42. The molecule has 31 rings (SSSR count). The van der Waals surface area contributed by atoms with E-state index in [1.807, 2.05) is 91.0 Å². The zero-order valence-electron chi connectivity index (χ0n) is 80.6. The van der Waals surface area contributed by atoms with Crippen LogP contribution in [0, 0.1) is 0 Å². The number of para-hydroxylation sites is 9. The zero-order chi connectivity index (χ0) is 98.1. The van der Waals surface area contributed by atoms with Gasteiger partial charge in [-0.3, -0.25) is 4.57 Å². The van der Waals surface area contributed by atoms with Crippen molar-refractivity contribution in [1.29, 1.82) is 0 Å². The summed E-state index contributed by atoms with van der Waals surface area (Å²) in [5.74, 6) is 2.86. The van der Waals surface area contributed by atoms with Gasteiger partial charge in [0.05, 0.1) is 55.2 Å². The standard InChI is InChI=1S/C51H33N5.C48H28N2O2.C39H26N2/c1-4-15-34(16-5-1)49-52-50(35-17-6-2-7-18-35)54-51(53-49)38-19-14-22-40(31-38)56-45-25-12-10-23-41(45)43-29-27-37(33-48(43)56)36-28-30-47-44(32-36)42-24-11-13-26-46(42)55(47)39-20-8-3-9-21-39;1-2-10-31(11-3-1)49-41-15-7-4-12-33(41)36-24-29(18-21-43(36)49)30-19-22-44-37(25-30)34-13-5-8-16-42(34)50(44)32-20-23-46-38(26-32)40-28-47-39(27-48(40)52-46)35-14-6-9-17-45(35)51-47;1-3-13-27(14-4-1)37-31-17-7-9-19-33(31)38(34-20-10-8-18-32(34)37)28-23-25-30(26-24-28)41-36-22-12-11-21-35(36)40-39(41)29-15-5-2-6-16-29/h1-33H;1-28H;1-26H. The Morgan fingerprint density at radius 2 is 0.436 bits per heavy atom. The summed E-state index contributed by atoms with van der Waals surface area (Å²) in [5, 5.41) is 19.2. The molecule has 0 amide bonds. The van der Waals surface area contributed by atoms with Crippen LogP contribution in [0.5, 0.6) is 0 Å². The van der Waals surface area contributed by atoms with Gasteiger partial charge in [-0.05, 0) is 230 Å². The van der Waals surface area contributed by atoms with Crippen molar-refractivity contribution in [3.05, 3.63) is 528 Å². The Kier molecular flexibility index (Phi) is 20.4. The van der Waals surface area contributed by atoms with Crippen LogP contribution in [0.3, 0.4) is 0 Å². The minimum atomic E-state index is 0.629. The van der Waals surface area contributed by atoms with Gasteiger partial charge in [0.1, 0.15) is 28.2 Å². The number of aromatic nitrogens is 9. The third-order valence-corrected chi connectivity index (χ3v) is 29.7. The highest BCUT2D eigenvalue weighted by atomic mass is 16.3. The first-order valence-electron chi connectivity index (χ1n) is 50.5. The van der Waals surface area contributed by atoms with Crippen molar-refractivity contribution in [2.75, 3.05) is 0 Å². The lowest BCUT2D eigenvalue weighted by molar-refractivity contribution is 0.664. The number of hydrogen-bond donors (Lipinski definition) is 0. The summed E-state index contributed by atoms with van der Waals surface area (Å²) in [5.41, 5.74) is 34.2. The van der Waals surface area contributed by atoms with Crippen LogP contribution < -0.4 is 0 Å². The second-order valence-electron chi connectivity index (χ2n) is 38.2. The molecule has 0 bridgehead atoms. The van der Waals surface area contributed by atoms with Gasteiger partial charge >= 0.3 is 0 Å². The predicted octanol–water partition coefficient (Wildman–Crippen LogP) is 36.4. The summed E-state index contributed by atoms with van der Waals surface area (Å²) in [6, 6.07) is 187. The number of fused-ring (bicyclic) bond motifs is 21. The molecule has 0 fully saturated rings. The first kappa shape index (κ1) is 85.6. The molecule has 0 saturated heterocycles. The molecule has 11 nitrogen and oxygen atoms in total. The molecule has 0 unspecified atom stereocenters. The SMILES string of the molecule is c1ccc(-c2c3ccccc3c(-c3ccc(-n4c(-c5ccccc5)nc5ccccc54)cc3)c3ccccc23)cc1.c1ccc(-c2nc(-c3ccccc3)nc(-c3cccc(-n4c5ccccc5c5ccc(-c6ccc7c(c6)c6ccccc6n7-c6ccccc6)cc54)c3)n2)cc1.c1ccc(-n2c3ccccc3c3cc(-c4ccc5c(c4)c4ccccc4n5-c4ccc5oc6cc7c(cc6c5c4)oc4ccccc47)ccc32)cc1. The highest BCUT2D eigenvalue weighted by Crippen LogP contribution is 2.48. The van der Waals surface area contributed by atoms with E-state index in [0.29, 0.717) is 17.5 Å². The largest absolute Gasteiger partial charge is 0.456 e. The third-order valence-electron chi connectivity index (χ3n) is 29.7. The van der Waals surface area contributed by atoms with Crippen molar-refractivity contribution >= 4 is 164 Å². The second-order valence-corrected chi connectivity index (χ2v) is 38.2. The molecular formula is C138H87N9O2. The van der Waals surface area contributed by atoms with E-state index in [0.717, 1.165) is 122 Å². The van der Waals surface area contributed by atoms with Crippen molar-refractivity contribution in [2.24, 2.45) is 0 Å². The minimum Gasteiger partial charge on any atom is -0.456 e. The number of imidazole rings is 1. The van der Waals surface area contributed by atoms with E-state index in [1.165, 1.54) is 142 Å². The van der Waals surface area contributed by atoms with E-state index in [1.54, 1.807) is 0 Å². The first-order chi connectivity index (χ1) is 73.9. The van der Waals surface area contributed by atoms with E-state index in [4.69, 9.17) is 28.8 Å². The van der Waals surface area contributed by atoms with Crippen molar-refractivity contribution in [3.63, 3.8) is 0 Å². The number of rotatable bonds is 13. The Balaban J connectivity index is 0.000000106. The topological polar surface area (TPSA) is 102 Å². The Labute approximate surface area is 855 Å². The van der Waals surface area contributed by atoms with Gasteiger partial charge in [0.15, 0.2) is 17.5 Å². The van der Waals surface area contributed by atoms with Gasteiger partial charge in [-0.15, -0.1) is 0 Å². The monoisotopic (exact) mass is 1900 g/mol. The summed E-state index contributed by atoms with van der Waals surface area (Å²) in [4.78, 5) is 20.0. The van der Waals surface area contributed by atoms with Crippen molar-refractivity contribution in [3.8, 4) is 118 Å². The second kappa shape index (κ2) is 35.5. The number of hydrogen-bond acceptors (Lipinski definition) is 6. The normalized spacial score (nSPS) is 11.8. The lowest BCUT2D eigenvalue weighted by atomic mass is 9.86. The quantitative estimate of drug-likeness (QED) is 0.107. The molecule has 0 spiro atoms. The fourth-order valence-electron chi connectivity index (χ4n) is 22.9. The maximum atomic E-state index is 6.42. The predicted molar refractivity (Wildman–Crippen MR) is 618 cm³/mol. The van der Waals surface area contributed by atoms with Crippen LogP contribution >= 0.6 is 0 Å². The van der Waals surface area contributed by atoms with Crippen molar-refractivity contribution in [2.45, 2.75) is 0 Å². The molecule has 8 aromatic heterocycles. The van der Waals surface area contributed by atoms with E-state index in [9.17, 15) is 0 Å². The van der Waals surface area contributed by atoms with Gasteiger partial charge in [-0.25, -0.2) is 19.9 Å². The summed E-state index contributed by atoms with van der Waals surface area (Å²) < 4.78 is 24.4. The molecule has 11 heteroatoms. The van der Waals surface area contributed by atoms with Crippen LogP contribution in [0.4, 0.5) is 0 Å². The molecule has 0 radical (unpaired) electrons. The molecule has 0 aliphatic heterocycles.